The van der Waals surface area contributed by atoms with Crippen LogP contribution >= 0.6 is 0 Å². The molecular formula is C20H21F6N3O. The van der Waals surface area contributed by atoms with Crippen LogP contribution < -0.4 is 10.6 Å². The minimum Gasteiger partial charge on any atom is -0.382 e. The van der Waals surface area contributed by atoms with Gasteiger partial charge in [0.2, 0.25) is 0 Å². The van der Waals surface area contributed by atoms with Gasteiger partial charge in [-0.25, -0.2) is 4.98 Å². The molecule has 164 valence electrons. The largest absolute Gasteiger partial charge is 0.433 e. The third kappa shape index (κ3) is 5.85. The Balaban J connectivity index is 1.71. The van der Waals surface area contributed by atoms with Crippen molar-refractivity contribution in [2.45, 2.75) is 56.3 Å². The summed E-state index contributed by atoms with van der Waals surface area (Å²) in [6.07, 6.45) is -8.42. The smallest absolute Gasteiger partial charge is 0.382 e. The second kappa shape index (κ2) is 8.81. The monoisotopic (exact) mass is 433 g/mol. The van der Waals surface area contributed by atoms with Gasteiger partial charge < -0.3 is 10.4 Å². The van der Waals surface area contributed by atoms with Crippen LogP contribution in [0.5, 0.6) is 0 Å². The van der Waals surface area contributed by atoms with Crippen LogP contribution in [0.1, 0.15) is 48.9 Å². The number of aliphatic hydroxyl groups is 1. The number of hydrogen-bond donors (Lipinski definition) is 3. The van der Waals surface area contributed by atoms with Crippen LogP contribution in [0.3, 0.4) is 0 Å². The van der Waals surface area contributed by atoms with E-state index in [0.717, 1.165) is 6.42 Å². The van der Waals surface area contributed by atoms with Gasteiger partial charge in [0.05, 0.1) is 0 Å². The highest BCUT2D eigenvalue weighted by atomic mass is 19.4. The van der Waals surface area contributed by atoms with Crippen molar-refractivity contribution in [3.63, 3.8) is 0 Å². The number of pyridine rings is 1. The molecule has 1 aliphatic rings. The molecule has 1 aromatic carbocycles. The average molecular weight is 433 g/mol. The van der Waals surface area contributed by atoms with Gasteiger partial charge in [-0.2, -0.15) is 26.3 Å². The maximum Gasteiger partial charge on any atom is 0.433 e. The number of aliphatic hydroxyl groups excluding tert-OH is 1. The Labute approximate surface area is 169 Å². The summed E-state index contributed by atoms with van der Waals surface area (Å²) in [5.74, 6) is 0. The lowest BCUT2D eigenvalue weighted by Gasteiger charge is -2.32. The van der Waals surface area contributed by atoms with E-state index in [1.807, 2.05) is 6.07 Å². The molecule has 1 saturated carbocycles. The van der Waals surface area contributed by atoms with Crippen molar-refractivity contribution in [1.82, 2.24) is 10.3 Å². The minimum absolute atomic E-state index is 0.141. The van der Waals surface area contributed by atoms with E-state index in [0.29, 0.717) is 37.0 Å². The van der Waals surface area contributed by atoms with Crippen molar-refractivity contribution in [3.05, 3.63) is 59.4 Å². The fourth-order valence-corrected chi connectivity index (χ4v) is 3.57. The van der Waals surface area contributed by atoms with Crippen molar-refractivity contribution in [2.75, 3.05) is 5.32 Å². The number of nitrogens with one attached hydrogen (secondary N) is 2. The molecule has 0 aliphatic heterocycles. The topological polar surface area (TPSA) is 57.2 Å². The van der Waals surface area contributed by atoms with Gasteiger partial charge in [-0.1, -0.05) is 30.3 Å². The summed E-state index contributed by atoms with van der Waals surface area (Å²) in [5, 5.41) is 16.2. The number of aromatic nitrogens is 1. The zero-order chi connectivity index (χ0) is 21.9. The summed E-state index contributed by atoms with van der Waals surface area (Å²) in [4.78, 5) is 2.72. The molecule has 4 nitrogen and oxygen atoms in total. The molecule has 0 saturated heterocycles. The quantitative estimate of drug-likeness (QED) is 0.453. The summed E-state index contributed by atoms with van der Waals surface area (Å²) < 4.78 is 77.9. The van der Waals surface area contributed by atoms with E-state index in [1.54, 1.807) is 24.3 Å². The highest BCUT2D eigenvalue weighted by Crippen LogP contribution is 2.35. The number of halogens is 6. The predicted molar refractivity (Wildman–Crippen MR) is 98.4 cm³/mol. The Morgan fingerprint density at radius 3 is 2.03 bits per heavy atom. The summed E-state index contributed by atoms with van der Waals surface area (Å²) in [7, 11) is 0. The molecule has 1 fully saturated rings. The fourth-order valence-electron chi connectivity index (χ4n) is 3.57. The molecule has 0 bridgehead atoms. The zero-order valence-electron chi connectivity index (χ0n) is 15.8. The van der Waals surface area contributed by atoms with Gasteiger partial charge in [-0.15, -0.1) is 0 Å². The summed E-state index contributed by atoms with van der Waals surface area (Å²) >= 11 is 0. The number of hydrogen-bond acceptors (Lipinski definition) is 4. The van der Waals surface area contributed by atoms with Crippen LogP contribution in [0.25, 0.3) is 0 Å². The SMILES string of the molecule is OC(N[C@@H]1CCC[C@H](Nc2cc(C(F)(F)F)nc(C(F)(F)F)c2)C1)c1ccccc1. The number of rotatable bonds is 5. The summed E-state index contributed by atoms with van der Waals surface area (Å²) in [5.41, 5.74) is -2.79. The molecule has 1 aliphatic carbocycles. The van der Waals surface area contributed by atoms with Crippen molar-refractivity contribution in [3.8, 4) is 0 Å². The Hall–Kier alpha value is -2.33. The van der Waals surface area contributed by atoms with E-state index in [9.17, 15) is 31.4 Å². The standard InChI is InChI=1S/C20H21F6N3O/c21-19(22,23)16-10-15(11-17(29-16)20(24,25)26)27-13-7-4-8-14(9-13)28-18(30)12-5-2-1-3-6-12/h1-3,5-6,10-11,13-14,18,28,30H,4,7-9H2,(H,27,29)/t13-,14+,18?/m0/s1. The Bertz CT molecular complexity index is 808. The van der Waals surface area contributed by atoms with Crippen molar-refractivity contribution < 1.29 is 31.4 Å². The molecular weight excluding hydrogens is 412 g/mol. The van der Waals surface area contributed by atoms with Crippen LogP contribution in [0.2, 0.25) is 0 Å². The Kier molecular flexibility index (Phi) is 6.56. The molecule has 3 N–H and O–H groups in total. The van der Waals surface area contributed by atoms with Gasteiger partial charge in [-0.3, -0.25) is 5.32 Å². The number of alkyl halides is 6. The lowest BCUT2D eigenvalue weighted by atomic mass is 9.90. The summed E-state index contributed by atoms with van der Waals surface area (Å²) in [6, 6.07) is 9.58. The zero-order valence-corrected chi connectivity index (χ0v) is 15.8. The maximum absolute atomic E-state index is 13.0. The maximum atomic E-state index is 13.0. The molecule has 0 amide bonds. The summed E-state index contributed by atoms with van der Waals surface area (Å²) in [6.45, 7) is 0. The lowest BCUT2D eigenvalue weighted by molar-refractivity contribution is -0.150. The van der Waals surface area contributed by atoms with Gasteiger partial charge >= 0.3 is 12.4 Å². The van der Waals surface area contributed by atoms with Crippen molar-refractivity contribution >= 4 is 5.69 Å². The molecule has 0 radical (unpaired) electrons. The van der Waals surface area contributed by atoms with E-state index in [1.165, 1.54) is 0 Å². The van der Waals surface area contributed by atoms with Crippen LogP contribution in [-0.2, 0) is 12.4 Å². The normalized spacial score (nSPS) is 21.3. The van der Waals surface area contributed by atoms with Crippen molar-refractivity contribution in [1.29, 1.82) is 0 Å². The number of benzene rings is 1. The third-order valence-electron chi connectivity index (χ3n) is 4.96. The van der Waals surface area contributed by atoms with Crippen molar-refractivity contribution in [2.24, 2.45) is 0 Å². The first kappa shape index (κ1) is 22.4. The minimum atomic E-state index is -4.99. The van der Waals surface area contributed by atoms with Gasteiger partial charge in [0.1, 0.15) is 17.6 Å². The van der Waals surface area contributed by atoms with Gasteiger partial charge in [0.25, 0.3) is 0 Å². The molecule has 1 unspecified atom stereocenters. The Morgan fingerprint density at radius 1 is 0.900 bits per heavy atom. The molecule has 3 rings (SSSR count). The molecule has 2 aromatic rings. The first-order valence-electron chi connectivity index (χ1n) is 9.44. The second-order valence-corrected chi connectivity index (χ2v) is 7.31. The first-order chi connectivity index (χ1) is 14.0. The Morgan fingerprint density at radius 2 is 1.47 bits per heavy atom. The van der Waals surface area contributed by atoms with Crippen LogP contribution in [0, 0.1) is 0 Å². The number of anilines is 1. The van der Waals surface area contributed by atoms with Crippen LogP contribution in [0.4, 0.5) is 32.0 Å². The number of nitrogens with zero attached hydrogens (tertiary/aromatic N) is 1. The third-order valence-corrected chi connectivity index (χ3v) is 4.96. The average Bonchev–Trinajstić information content (AvgIpc) is 2.67. The van der Waals surface area contributed by atoms with Crippen LogP contribution in [-0.4, -0.2) is 22.2 Å². The second-order valence-electron chi connectivity index (χ2n) is 7.31. The fraction of sp³-hybridized carbons (Fsp3) is 0.450. The lowest BCUT2D eigenvalue weighted by Crippen LogP contribution is -2.40. The van der Waals surface area contributed by atoms with Gasteiger partial charge in [-0.05, 0) is 43.4 Å². The van der Waals surface area contributed by atoms with E-state index in [-0.39, 0.29) is 17.8 Å². The van der Waals surface area contributed by atoms with Gasteiger partial charge in [0.15, 0.2) is 0 Å². The molecule has 3 atom stereocenters. The highest BCUT2D eigenvalue weighted by Gasteiger charge is 2.39. The molecule has 30 heavy (non-hydrogen) atoms. The van der Waals surface area contributed by atoms with E-state index in [2.05, 4.69) is 15.6 Å². The van der Waals surface area contributed by atoms with Crippen LogP contribution in [0.15, 0.2) is 42.5 Å². The van der Waals surface area contributed by atoms with E-state index >= 15 is 0 Å². The molecule has 1 aromatic heterocycles. The molecule has 10 heteroatoms. The van der Waals surface area contributed by atoms with E-state index in [4.69, 9.17) is 0 Å². The predicted octanol–water partition coefficient (Wildman–Crippen LogP) is 5.12. The highest BCUT2D eigenvalue weighted by molar-refractivity contribution is 5.47. The van der Waals surface area contributed by atoms with E-state index < -0.39 is 30.0 Å². The van der Waals surface area contributed by atoms with Gasteiger partial charge in [0, 0.05) is 17.8 Å². The molecule has 1 heterocycles. The molecule has 0 spiro atoms. The first-order valence-corrected chi connectivity index (χ1v) is 9.44.